The summed E-state index contributed by atoms with van der Waals surface area (Å²) in [5.41, 5.74) is 0.818. The zero-order valence-electron chi connectivity index (χ0n) is 22.3. The molecule has 0 unspecified atom stereocenters. The number of hydrogen-bond acceptors (Lipinski definition) is 4. The van der Waals surface area contributed by atoms with E-state index in [9.17, 15) is 22.4 Å². The Hall–Kier alpha value is -3.43. The van der Waals surface area contributed by atoms with Gasteiger partial charge in [0.1, 0.15) is 18.4 Å². The van der Waals surface area contributed by atoms with Crippen LogP contribution < -0.4 is 9.62 Å². The molecule has 40 heavy (non-hydrogen) atoms. The maximum absolute atomic E-state index is 13.9. The van der Waals surface area contributed by atoms with Crippen LogP contribution in [0.5, 0.6) is 0 Å². The number of rotatable bonds is 10. The topological polar surface area (TPSA) is 86.8 Å². The summed E-state index contributed by atoms with van der Waals surface area (Å²) >= 11 is 6.19. The second-order valence-electron chi connectivity index (χ2n) is 9.97. The largest absolute Gasteiger partial charge is 0.352 e. The number of amides is 2. The maximum Gasteiger partial charge on any atom is 0.264 e. The lowest BCUT2D eigenvalue weighted by Crippen LogP contribution is -2.53. The lowest BCUT2D eigenvalue weighted by molar-refractivity contribution is -0.139. The van der Waals surface area contributed by atoms with Crippen LogP contribution >= 0.6 is 11.6 Å². The second kappa shape index (κ2) is 13.3. The third-order valence-electron chi connectivity index (χ3n) is 7.09. The molecule has 212 valence electrons. The van der Waals surface area contributed by atoms with Gasteiger partial charge in [-0.05, 0) is 67.8 Å². The predicted octanol–water partition coefficient (Wildman–Crippen LogP) is 5.54. The number of hydrogen-bond donors (Lipinski definition) is 1. The van der Waals surface area contributed by atoms with Gasteiger partial charge in [0, 0.05) is 17.6 Å². The molecule has 1 aliphatic carbocycles. The SMILES string of the molecule is C[C@@H](C(=O)NC1CCCCC1)N(Cc1ccc(F)cc1)C(=O)CN(c1cccc(Cl)c1)S(=O)(=O)c1ccccc1. The third kappa shape index (κ3) is 7.40. The highest BCUT2D eigenvalue weighted by Crippen LogP contribution is 2.27. The van der Waals surface area contributed by atoms with Crippen molar-refractivity contribution in [2.75, 3.05) is 10.8 Å². The summed E-state index contributed by atoms with van der Waals surface area (Å²) in [5.74, 6) is -1.33. The average molecular weight is 586 g/mol. The molecule has 0 saturated heterocycles. The Kier molecular flexibility index (Phi) is 9.81. The summed E-state index contributed by atoms with van der Waals surface area (Å²) in [6.07, 6.45) is 4.95. The zero-order chi connectivity index (χ0) is 28.7. The van der Waals surface area contributed by atoms with Crippen molar-refractivity contribution >= 4 is 39.1 Å². The van der Waals surface area contributed by atoms with Gasteiger partial charge in [-0.1, -0.05) is 67.3 Å². The summed E-state index contributed by atoms with van der Waals surface area (Å²) in [7, 11) is -4.17. The number of sulfonamides is 1. The third-order valence-corrected chi connectivity index (χ3v) is 9.11. The Balaban J connectivity index is 1.66. The molecule has 0 bridgehead atoms. The van der Waals surface area contributed by atoms with Gasteiger partial charge in [-0.25, -0.2) is 12.8 Å². The van der Waals surface area contributed by atoms with Crippen LogP contribution in [0.2, 0.25) is 5.02 Å². The smallest absolute Gasteiger partial charge is 0.264 e. The average Bonchev–Trinajstić information content (AvgIpc) is 2.96. The van der Waals surface area contributed by atoms with Gasteiger partial charge >= 0.3 is 0 Å². The van der Waals surface area contributed by atoms with E-state index in [0.717, 1.165) is 36.4 Å². The van der Waals surface area contributed by atoms with E-state index >= 15 is 0 Å². The molecule has 1 N–H and O–H groups in total. The van der Waals surface area contributed by atoms with Crippen LogP contribution in [0.4, 0.5) is 10.1 Å². The number of carbonyl (C=O) groups is 2. The van der Waals surface area contributed by atoms with Crippen molar-refractivity contribution < 1.29 is 22.4 Å². The fraction of sp³-hybridized carbons (Fsp3) is 0.333. The minimum atomic E-state index is -4.17. The van der Waals surface area contributed by atoms with Gasteiger partial charge in [0.05, 0.1) is 10.6 Å². The minimum Gasteiger partial charge on any atom is -0.352 e. The van der Waals surface area contributed by atoms with Crippen molar-refractivity contribution in [1.29, 1.82) is 0 Å². The van der Waals surface area contributed by atoms with Crippen LogP contribution in [-0.2, 0) is 26.2 Å². The quantitative estimate of drug-likeness (QED) is 0.338. The van der Waals surface area contributed by atoms with Crippen molar-refractivity contribution in [3.8, 4) is 0 Å². The molecule has 0 aliphatic heterocycles. The number of carbonyl (C=O) groups excluding carboxylic acids is 2. The highest BCUT2D eigenvalue weighted by Gasteiger charge is 2.33. The molecule has 1 aliphatic rings. The lowest BCUT2D eigenvalue weighted by atomic mass is 9.95. The molecule has 7 nitrogen and oxygen atoms in total. The fourth-order valence-electron chi connectivity index (χ4n) is 4.82. The van der Waals surface area contributed by atoms with Crippen LogP contribution in [0.25, 0.3) is 0 Å². The summed E-state index contributed by atoms with van der Waals surface area (Å²) in [5, 5.41) is 3.36. The molecule has 3 aromatic carbocycles. The maximum atomic E-state index is 13.9. The molecular weight excluding hydrogens is 553 g/mol. The van der Waals surface area contributed by atoms with E-state index in [0.29, 0.717) is 10.6 Å². The molecule has 2 amide bonds. The first-order chi connectivity index (χ1) is 19.1. The number of halogens is 2. The fourth-order valence-corrected chi connectivity index (χ4v) is 6.43. The van der Waals surface area contributed by atoms with E-state index in [1.807, 2.05) is 0 Å². The molecule has 0 spiro atoms. The van der Waals surface area contributed by atoms with Crippen molar-refractivity contribution in [3.05, 3.63) is 95.3 Å². The van der Waals surface area contributed by atoms with Gasteiger partial charge in [-0.15, -0.1) is 0 Å². The van der Waals surface area contributed by atoms with E-state index < -0.39 is 34.3 Å². The normalized spacial score (nSPS) is 14.8. The molecule has 10 heteroatoms. The number of anilines is 1. The van der Waals surface area contributed by atoms with Crippen molar-refractivity contribution in [2.24, 2.45) is 0 Å². The number of nitrogens with one attached hydrogen (secondary N) is 1. The van der Waals surface area contributed by atoms with Gasteiger partial charge in [0.2, 0.25) is 11.8 Å². The molecule has 1 saturated carbocycles. The van der Waals surface area contributed by atoms with Gasteiger partial charge in [-0.2, -0.15) is 0 Å². The van der Waals surface area contributed by atoms with E-state index in [1.165, 1.54) is 47.4 Å². The predicted molar refractivity (Wildman–Crippen MR) is 154 cm³/mol. The van der Waals surface area contributed by atoms with Crippen LogP contribution in [0.1, 0.15) is 44.6 Å². The molecular formula is C30H33ClFN3O4S. The van der Waals surface area contributed by atoms with Crippen molar-refractivity contribution in [2.45, 2.75) is 62.6 Å². The molecule has 0 heterocycles. The lowest BCUT2D eigenvalue weighted by Gasteiger charge is -2.33. The second-order valence-corrected chi connectivity index (χ2v) is 12.3. The Labute approximate surface area is 240 Å². The molecule has 1 atom stereocenters. The molecule has 4 rings (SSSR count). The molecule has 0 radical (unpaired) electrons. The Morgan fingerprint density at radius 1 is 0.975 bits per heavy atom. The summed E-state index contributed by atoms with van der Waals surface area (Å²) < 4.78 is 42.1. The van der Waals surface area contributed by atoms with Gasteiger partial charge in [0.25, 0.3) is 10.0 Å². The Morgan fingerprint density at radius 2 is 1.65 bits per heavy atom. The summed E-state index contributed by atoms with van der Waals surface area (Å²) in [4.78, 5) is 28.6. The van der Waals surface area contributed by atoms with E-state index in [2.05, 4.69) is 5.32 Å². The standard InChI is InChI=1S/C30H33ClFN3O4S/c1-22(30(37)33-26-10-4-2-5-11-26)34(20-23-15-17-25(32)18-16-23)29(36)21-35(27-12-8-9-24(31)19-27)40(38,39)28-13-6-3-7-14-28/h3,6-9,12-19,22,26H,2,4-5,10-11,20-21H2,1H3,(H,33,37)/t22-/m0/s1. The van der Waals surface area contributed by atoms with E-state index in [4.69, 9.17) is 11.6 Å². The van der Waals surface area contributed by atoms with E-state index in [-0.39, 0.29) is 29.1 Å². The highest BCUT2D eigenvalue weighted by molar-refractivity contribution is 7.92. The van der Waals surface area contributed by atoms with Crippen molar-refractivity contribution in [1.82, 2.24) is 10.2 Å². The summed E-state index contributed by atoms with van der Waals surface area (Å²) in [6.45, 7) is 1.04. The van der Waals surface area contributed by atoms with Crippen LogP contribution in [0.3, 0.4) is 0 Å². The first-order valence-electron chi connectivity index (χ1n) is 13.3. The minimum absolute atomic E-state index is 0.00681. The Bertz CT molecular complexity index is 1410. The Morgan fingerprint density at radius 3 is 2.30 bits per heavy atom. The first-order valence-corrected chi connectivity index (χ1v) is 15.1. The molecule has 3 aromatic rings. The number of nitrogens with zero attached hydrogens (tertiary/aromatic N) is 2. The molecule has 0 aromatic heterocycles. The first kappa shape index (κ1) is 29.6. The van der Waals surface area contributed by atoms with Crippen LogP contribution in [0.15, 0.2) is 83.8 Å². The number of benzene rings is 3. The zero-order valence-corrected chi connectivity index (χ0v) is 23.9. The van der Waals surface area contributed by atoms with Gasteiger partial charge in [-0.3, -0.25) is 13.9 Å². The van der Waals surface area contributed by atoms with Crippen LogP contribution in [-0.4, -0.2) is 43.8 Å². The van der Waals surface area contributed by atoms with Gasteiger partial charge in [0.15, 0.2) is 0 Å². The van der Waals surface area contributed by atoms with E-state index in [1.54, 1.807) is 43.3 Å². The monoisotopic (exact) mass is 585 g/mol. The van der Waals surface area contributed by atoms with Crippen molar-refractivity contribution in [3.63, 3.8) is 0 Å². The van der Waals surface area contributed by atoms with Gasteiger partial charge < -0.3 is 10.2 Å². The summed E-state index contributed by atoms with van der Waals surface area (Å²) in [6, 6.07) is 18.8. The van der Waals surface area contributed by atoms with Crippen LogP contribution in [0, 0.1) is 5.82 Å². The highest BCUT2D eigenvalue weighted by atomic mass is 35.5. The molecule has 1 fully saturated rings.